The molecule has 192 valence electrons. The summed E-state index contributed by atoms with van der Waals surface area (Å²) in [5, 5.41) is 6.04. The molecule has 35 heavy (non-hydrogen) atoms. The van der Waals surface area contributed by atoms with E-state index in [2.05, 4.69) is 10.6 Å². The molecule has 1 heterocycles. The van der Waals surface area contributed by atoms with Crippen LogP contribution in [0.1, 0.15) is 54.5 Å². The van der Waals surface area contributed by atoms with Crippen LogP contribution < -0.4 is 10.6 Å². The van der Waals surface area contributed by atoms with Crippen molar-refractivity contribution >= 4 is 5.91 Å². The number of halogens is 6. The molecule has 2 N–H and O–H groups in total. The fourth-order valence-corrected chi connectivity index (χ4v) is 4.31. The van der Waals surface area contributed by atoms with Gasteiger partial charge in [0.05, 0.1) is 29.4 Å². The van der Waals surface area contributed by atoms with Crippen molar-refractivity contribution in [2.24, 2.45) is 5.92 Å². The van der Waals surface area contributed by atoms with Crippen molar-refractivity contribution < 1.29 is 35.9 Å². The van der Waals surface area contributed by atoms with Gasteiger partial charge in [-0.25, -0.2) is 0 Å². The lowest BCUT2D eigenvalue weighted by atomic mass is 9.78. The summed E-state index contributed by atoms with van der Waals surface area (Å²) >= 11 is 0. The van der Waals surface area contributed by atoms with Crippen molar-refractivity contribution in [1.82, 2.24) is 10.6 Å². The van der Waals surface area contributed by atoms with Crippen LogP contribution in [0.2, 0.25) is 0 Å². The first-order valence-corrected chi connectivity index (χ1v) is 11.3. The number of hydrogen-bond acceptors (Lipinski definition) is 3. The maximum Gasteiger partial charge on any atom is 0.416 e. The quantitative estimate of drug-likeness (QED) is 0.469. The molecule has 1 amide bonds. The summed E-state index contributed by atoms with van der Waals surface area (Å²) in [6.45, 7) is 1.98. The second-order valence-corrected chi connectivity index (χ2v) is 8.90. The third-order valence-electron chi connectivity index (χ3n) is 6.45. The number of piperidine rings is 1. The van der Waals surface area contributed by atoms with E-state index < -0.39 is 35.1 Å². The number of benzene rings is 2. The first-order valence-electron chi connectivity index (χ1n) is 11.3. The molecule has 1 aliphatic heterocycles. The molecule has 4 nitrogen and oxygen atoms in total. The summed E-state index contributed by atoms with van der Waals surface area (Å²) in [6.07, 6.45) is -9.23. The Kier molecular flexibility index (Phi) is 8.16. The van der Waals surface area contributed by atoms with Gasteiger partial charge >= 0.3 is 12.4 Å². The fraction of sp³-hybridized carbons (Fsp3) is 0.480. The van der Waals surface area contributed by atoms with Crippen molar-refractivity contribution in [2.45, 2.75) is 50.2 Å². The van der Waals surface area contributed by atoms with E-state index in [9.17, 15) is 31.1 Å². The lowest BCUT2D eigenvalue weighted by Crippen LogP contribution is -2.52. The Bertz CT molecular complexity index is 967. The number of rotatable bonds is 7. The zero-order valence-electron chi connectivity index (χ0n) is 19.4. The molecule has 2 aromatic rings. The average Bonchev–Trinajstić information content (AvgIpc) is 2.82. The minimum absolute atomic E-state index is 0.0302. The highest BCUT2D eigenvalue weighted by Crippen LogP contribution is 2.39. The van der Waals surface area contributed by atoms with E-state index in [-0.39, 0.29) is 30.1 Å². The molecule has 0 aliphatic carbocycles. The number of carbonyl (C=O) groups excluding carboxylic acids is 1. The van der Waals surface area contributed by atoms with Crippen LogP contribution in [0.3, 0.4) is 0 Å². The van der Waals surface area contributed by atoms with E-state index >= 15 is 0 Å². The van der Waals surface area contributed by atoms with Crippen LogP contribution in [0.25, 0.3) is 0 Å². The third-order valence-corrected chi connectivity index (χ3v) is 6.45. The first kappa shape index (κ1) is 27.0. The van der Waals surface area contributed by atoms with Gasteiger partial charge in [-0.2, -0.15) is 26.3 Å². The van der Waals surface area contributed by atoms with Crippen LogP contribution in [0.15, 0.2) is 48.5 Å². The summed E-state index contributed by atoms with van der Waals surface area (Å²) in [4.78, 5) is 11.8. The van der Waals surface area contributed by atoms with Crippen LogP contribution >= 0.6 is 0 Å². The molecule has 10 heteroatoms. The molecule has 0 aromatic heterocycles. The van der Waals surface area contributed by atoms with E-state index in [1.54, 1.807) is 7.05 Å². The largest absolute Gasteiger partial charge is 0.416 e. The Balaban J connectivity index is 1.83. The van der Waals surface area contributed by atoms with Gasteiger partial charge < -0.3 is 15.4 Å². The van der Waals surface area contributed by atoms with E-state index in [1.807, 2.05) is 30.3 Å². The van der Waals surface area contributed by atoms with Gasteiger partial charge in [-0.15, -0.1) is 0 Å². The van der Waals surface area contributed by atoms with Gasteiger partial charge in [0.25, 0.3) is 0 Å². The number of carbonyl (C=O) groups is 1. The Hall–Kier alpha value is -2.59. The molecule has 3 rings (SSSR count). The molecule has 0 saturated carbocycles. The van der Waals surface area contributed by atoms with Crippen molar-refractivity contribution in [3.8, 4) is 0 Å². The van der Waals surface area contributed by atoms with E-state index in [1.165, 1.54) is 6.92 Å². The standard InChI is InChI=1S/C25H28F6N2O2/c1-16(18-11-20(24(26,27)28)13-21(12-18)25(29,30)31)35-15-23(19-6-4-3-5-7-19)9-8-17(14-33-23)10-22(34)32-2/h3-7,11-13,16-17,33H,8-10,14-15H2,1-2H3,(H,32,34)/t16?,17-,23?/m1/s1. The van der Waals surface area contributed by atoms with Gasteiger partial charge in [0.15, 0.2) is 0 Å². The Labute approximate surface area is 200 Å². The van der Waals surface area contributed by atoms with Crippen molar-refractivity contribution in [2.75, 3.05) is 20.2 Å². The molecule has 3 atom stereocenters. The highest BCUT2D eigenvalue weighted by atomic mass is 19.4. The van der Waals surface area contributed by atoms with Gasteiger partial charge in [0.1, 0.15) is 0 Å². The monoisotopic (exact) mass is 502 g/mol. The number of ether oxygens (including phenoxy) is 1. The molecule has 2 aromatic carbocycles. The molecule has 0 bridgehead atoms. The van der Waals surface area contributed by atoms with E-state index in [4.69, 9.17) is 4.74 Å². The first-order chi connectivity index (χ1) is 16.3. The van der Waals surface area contributed by atoms with Gasteiger partial charge in [0.2, 0.25) is 5.91 Å². The summed E-state index contributed by atoms with van der Waals surface area (Å²) in [6, 6.07) is 10.8. The van der Waals surface area contributed by atoms with Gasteiger partial charge in [-0.05, 0) is 61.6 Å². The second-order valence-electron chi connectivity index (χ2n) is 8.90. The van der Waals surface area contributed by atoms with Crippen molar-refractivity contribution in [3.63, 3.8) is 0 Å². The maximum atomic E-state index is 13.3. The minimum atomic E-state index is -4.92. The van der Waals surface area contributed by atoms with Crippen molar-refractivity contribution in [1.29, 1.82) is 0 Å². The summed E-state index contributed by atoms with van der Waals surface area (Å²) in [7, 11) is 1.57. The van der Waals surface area contributed by atoms with Gasteiger partial charge in [0, 0.05) is 13.5 Å². The lowest BCUT2D eigenvalue weighted by Gasteiger charge is -2.42. The second kappa shape index (κ2) is 10.6. The average molecular weight is 502 g/mol. The predicted molar refractivity (Wildman–Crippen MR) is 118 cm³/mol. The van der Waals surface area contributed by atoms with Crippen LogP contribution in [0.4, 0.5) is 26.3 Å². The summed E-state index contributed by atoms with van der Waals surface area (Å²) in [5.41, 5.74) is -2.75. The van der Waals surface area contributed by atoms with E-state index in [0.717, 1.165) is 5.56 Å². The number of alkyl halides is 6. The number of amides is 1. The highest BCUT2D eigenvalue weighted by Gasteiger charge is 2.39. The maximum absolute atomic E-state index is 13.3. The smallest absolute Gasteiger partial charge is 0.372 e. The molecule has 0 radical (unpaired) electrons. The van der Waals surface area contributed by atoms with Crippen LogP contribution in [-0.2, 0) is 27.4 Å². The lowest BCUT2D eigenvalue weighted by molar-refractivity contribution is -0.143. The predicted octanol–water partition coefficient (Wildman–Crippen LogP) is 5.83. The zero-order chi connectivity index (χ0) is 25.9. The van der Waals surface area contributed by atoms with Crippen LogP contribution in [0.5, 0.6) is 0 Å². The highest BCUT2D eigenvalue weighted by molar-refractivity contribution is 5.75. The van der Waals surface area contributed by atoms with Gasteiger partial charge in [-0.1, -0.05) is 30.3 Å². The van der Waals surface area contributed by atoms with E-state index in [0.29, 0.717) is 37.9 Å². The normalized spacial score (nSPS) is 22.0. The SMILES string of the molecule is CNC(=O)C[C@H]1CCC(COC(C)c2cc(C(F)(F)F)cc(C(F)(F)F)c2)(c2ccccc2)NC1. The molecule has 1 fully saturated rings. The molecular formula is C25H28F6N2O2. The Morgan fingerprint density at radius 2 is 1.69 bits per heavy atom. The zero-order valence-corrected chi connectivity index (χ0v) is 19.4. The Morgan fingerprint density at radius 3 is 2.17 bits per heavy atom. The summed E-state index contributed by atoms with van der Waals surface area (Å²) in [5.74, 6) is 0.0286. The van der Waals surface area contributed by atoms with Crippen LogP contribution in [-0.4, -0.2) is 26.1 Å². The van der Waals surface area contributed by atoms with Crippen LogP contribution in [0, 0.1) is 5.92 Å². The topological polar surface area (TPSA) is 50.4 Å². The third kappa shape index (κ3) is 6.76. The number of hydrogen-bond donors (Lipinski definition) is 2. The summed E-state index contributed by atoms with van der Waals surface area (Å²) < 4.78 is 85.5. The molecule has 2 unspecified atom stereocenters. The number of nitrogens with one attached hydrogen (secondary N) is 2. The molecule has 0 spiro atoms. The minimum Gasteiger partial charge on any atom is -0.372 e. The molecular weight excluding hydrogens is 474 g/mol. The Morgan fingerprint density at radius 1 is 1.09 bits per heavy atom. The molecule has 1 saturated heterocycles. The molecule has 1 aliphatic rings. The van der Waals surface area contributed by atoms with Gasteiger partial charge in [-0.3, -0.25) is 4.79 Å². The fourth-order valence-electron chi connectivity index (χ4n) is 4.31. The van der Waals surface area contributed by atoms with Crippen molar-refractivity contribution in [3.05, 3.63) is 70.8 Å².